The number of thiophene rings is 1. The molecule has 0 unspecified atom stereocenters. The minimum Gasteiger partial charge on any atom is -0.370 e. The van der Waals surface area contributed by atoms with Crippen molar-refractivity contribution in [2.24, 2.45) is 17.8 Å². The van der Waals surface area contributed by atoms with Crippen LogP contribution in [-0.4, -0.2) is 49.0 Å². The fraction of sp³-hybridized carbons (Fsp3) is 0.792. The van der Waals surface area contributed by atoms with Crippen LogP contribution in [0.4, 0.5) is 8.78 Å². The zero-order chi connectivity index (χ0) is 21.8. The highest BCUT2D eigenvalue weighted by molar-refractivity contribution is 7.12. The fourth-order valence-corrected chi connectivity index (χ4v) is 7.16. The van der Waals surface area contributed by atoms with E-state index in [0.717, 1.165) is 58.2 Å². The van der Waals surface area contributed by atoms with Crippen molar-refractivity contribution in [2.45, 2.75) is 82.9 Å². The quantitative estimate of drug-likeness (QED) is 0.697. The number of piperidine rings is 1. The standard InChI is InChI=1S/C24H34F2N2O2S/c1-3-17-10-20-21(31-17)4-7-30-24(20)5-6-28(14(2)12-24)13-15-8-16(9-15)27-23(29)19-11-18(19)22(25)26/h10,14-16,18-19,22H,3-9,11-13H2,1-2H3,(H,27,29)/t14-,15-,16+,18-,19-,24+/m0/s1. The molecule has 1 aromatic heterocycles. The van der Waals surface area contributed by atoms with Crippen molar-refractivity contribution in [3.05, 3.63) is 21.4 Å². The molecule has 2 aliphatic carbocycles. The summed E-state index contributed by atoms with van der Waals surface area (Å²) in [4.78, 5) is 17.7. The third-order valence-corrected chi connectivity index (χ3v) is 9.37. The molecule has 3 heterocycles. The van der Waals surface area contributed by atoms with E-state index in [2.05, 4.69) is 30.1 Å². The average Bonchev–Trinajstić information content (AvgIpc) is 3.41. The highest BCUT2D eigenvalue weighted by atomic mass is 32.1. The maximum Gasteiger partial charge on any atom is 0.242 e. The van der Waals surface area contributed by atoms with Crippen molar-refractivity contribution in [3.63, 3.8) is 0 Å². The number of aryl methyl sites for hydroxylation is 1. The largest absolute Gasteiger partial charge is 0.370 e. The van der Waals surface area contributed by atoms with Crippen LogP contribution in [0, 0.1) is 17.8 Å². The molecule has 1 spiro atoms. The summed E-state index contributed by atoms with van der Waals surface area (Å²) in [5.74, 6) is -0.739. The van der Waals surface area contributed by atoms with Crippen molar-refractivity contribution in [1.82, 2.24) is 10.2 Å². The molecular weight excluding hydrogens is 418 g/mol. The van der Waals surface area contributed by atoms with Gasteiger partial charge in [0.05, 0.1) is 12.2 Å². The van der Waals surface area contributed by atoms with Crippen molar-refractivity contribution >= 4 is 17.2 Å². The van der Waals surface area contributed by atoms with Crippen molar-refractivity contribution in [3.8, 4) is 0 Å². The summed E-state index contributed by atoms with van der Waals surface area (Å²) in [6.07, 6.45) is 4.17. The number of nitrogens with zero attached hydrogens (tertiary/aromatic N) is 1. The van der Waals surface area contributed by atoms with E-state index in [1.54, 1.807) is 0 Å². The van der Waals surface area contributed by atoms with Gasteiger partial charge >= 0.3 is 0 Å². The second kappa shape index (κ2) is 8.38. The van der Waals surface area contributed by atoms with Crippen molar-refractivity contribution in [2.75, 3.05) is 19.7 Å². The summed E-state index contributed by atoms with van der Waals surface area (Å²) in [5.41, 5.74) is 1.36. The van der Waals surface area contributed by atoms with Gasteiger partial charge in [-0.1, -0.05) is 6.92 Å². The Morgan fingerprint density at radius 1 is 1.39 bits per heavy atom. The van der Waals surface area contributed by atoms with Gasteiger partial charge in [-0.05, 0) is 63.0 Å². The number of nitrogens with one attached hydrogen (secondary N) is 1. The van der Waals surface area contributed by atoms with Gasteiger partial charge in [-0.25, -0.2) is 8.78 Å². The van der Waals surface area contributed by atoms with Gasteiger partial charge in [0.1, 0.15) is 0 Å². The molecule has 1 aromatic rings. The number of carbonyl (C=O) groups is 1. The van der Waals surface area contributed by atoms with Gasteiger partial charge in [-0.3, -0.25) is 4.79 Å². The van der Waals surface area contributed by atoms with Crippen LogP contribution in [0.5, 0.6) is 0 Å². The lowest BCUT2D eigenvalue weighted by molar-refractivity contribution is -0.125. The molecule has 0 aromatic carbocycles. The number of likely N-dealkylation sites (tertiary alicyclic amines) is 1. The second-order valence-electron chi connectivity index (χ2n) is 10.2. The molecule has 1 amide bonds. The van der Waals surface area contributed by atoms with Crippen LogP contribution in [0.2, 0.25) is 0 Å². The zero-order valence-electron chi connectivity index (χ0n) is 18.5. The summed E-state index contributed by atoms with van der Waals surface area (Å²) in [7, 11) is 0. The first-order valence-electron chi connectivity index (χ1n) is 12.0. The normalized spacial score (nSPS) is 37.5. The molecule has 0 radical (unpaired) electrons. The highest BCUT2D eigenvalue weighted by Gasteiger charge is 2.50. The Morgan fingerprint density at radius 3 is 2.87 bits per heavy atom. The van der Waals surface area contributed by atoms with Crippen LogP contribution in [0.3, 0.4) is 0 Å². The van der Waals surface area contributed by atoms with E-state index in [0.29, 0.717) is 18.4 Å². The van der Waals surface area contributed by atoms with E-state index in [1.807, 2.05) is 11.3 Å². The Kier molecular flexibility index (Phi) is 5.89. The lowest BCUT2D eigenvalue weighted by Crippen LogP contribution is -2.54. The number of carbonyl (C=O) groups excluding carboxylic acids is 1. The molecule has 7 heteroatoms. The van der Waals surface area contributed by atoms with Gasteiger partial charge in [0.15, 0.2) is 0 Å². The van der Waals surface area contributed by atoms with E-state index in [-0.39, 0.29) is 17.6 Å². The fourth-order valence-electron chi connectivity index (χ4n) is 5.98. The predicted octanol–water partition coefficient (Wildman–Crippen LogP) is 4.36. The molecule has 0 bridgehead atoms. The molecule has 2 saturated carbocycles. The van der Waals surface area contributed by atoms with Gasteiger partial charge in [0, 0.05) is 53.2 Å². The highest BCUT2D eigenvalue weighted by Crippen LogP contribution is 2.47. The molecular formula is C24H34F2N2O2S. The molecule has 1 N–H and O–H groups in total. The molecule has 1 saturated heterocycles. The molecule has 4 aliphatic rings. The summed E-state index contributed by atoms with van der Waals surface area (Å²) < 4.78 is 31.8. The van der Waals surface area contributed by atoms with Crippen LogP contribution in [0.25, 0.3) is 0 Å². The Hall–Kier alpha value is -1.05. The summed E-state index contributed by atoms with van der Waals surface area (Å²) in [5, 5.41) is 3.00. The number of halogens is 2. The van der Waals surface area contributed by atoms with Gasteiger partial charge in [0.25, 0.3) is 0 Å². The number of fused-ring (bicyclic) bond motifs is 2. The second-order valence-corrected chi connectivity index (χ2v) is 11.4. The number of amides is 1. The summed E-state index contributed by atoms with van der Waals surface area (Å²) in [6, 6.07) is 3.04. The molecule has 3 fully saturated rings. The molecule has 4 nitrogen and oxygen atoms in total. The van der Waals surface area contributed by atoms with Crippen LogP contribution in [-0.2, 0) is 28.0 Å². The minimum atomic E-state index is -2.36. The summed E-state index contributed by atoms with van der Waals surface area (Å²) >= 11 is 1.97. The van der Waals surface area contributed by atoms with Crippen LogP contribution >= 0.6 is 11.3 Å². The third-order valence-electron chi connectivity index (χ3n) is 8.03. The van der Waals surface area contributed by atoms with E-state index in [1.165, 1.54) is 15.3 Å². The first-order chi connectivity index (χ1) is 14.9. The lowest BCUT2D eigenvalue weighted by atomic mass is 9.76. The maximum atomic E-state index is 12.7. The maximum absolute atomic E-state index is 12.7. The molecule has 31 heavy (non-hydrogen) atoms. The van der Waals surface area contributed by atoms with Crippen LogP contribution in [0.15, 0.2) is 6.07 Å². The zero-order valence-corrected chi connectivity index (χ0v) is 19.4. The molecule has 4 atom stereocenters. The van der Waals surface area contributed by atoms with E-state index in [4.69, 9.17) is 4.74 Å². The number of ether oxygens (including phenoxy) is 1. The summed E-state index contributed by atoms with van der Waals surface area (Å²) in [6.45, 7) is 7.49. The smallest absolute Gasteiger partial charge is 0.242 e. The Balaban J connectivity index is 1.11. The average molecular weight is 453 g/mol. The number of hydrogen-bond acceptors (Lipinski definition) is 4. The van der Waals surface area contributed by atoms with Gasteiger partial charge in [0.2, 0.25) is 12.3 Å². The topological polar surface area (TPSA) is 41.6 Å². The Bertz CT molecular complexity index is 825. The van der Waals surface area contributed by atoms with Gasteiger partial charge in [-0.2, -0.15) is 0 Å². The van der Waals surface area contributed by atoms with E-state index >= 15 is 0 Å². The van der Waals surface area contributed by atoms with Gasteiger partial charge in [-0.15, -0.1) is 11.3 Å². The molecule has 2 aliphatic heterocycles. The SMILES string of the molecule is CCc1cc2c(s1)CCO[C@@]21CCN(C[C@H]2C[C@@H](NC(=O)[C@H]3C[C@@H]3C(F)F)C2)[C@@H](C)C1. The van der Waals surface area contributed by atoms with Crippen LogP contribution in [0.1, 0.15) is 61.3 Å². The first kappa shape index (κ1) is 21.8. The Labute approximate surface area is 187 Å². The lowest BCUT2D eigenvalue weighted by Gasteiger charge is -2.49. The van der Waals surface area contributed by atoms with Gasteiger partial charge < -0.3 is 15.0 Å². The molecule has 172 valence electrons. The first-order valence-corrected chi connectivity index (χ1v) is 12.8. The Morgan fingerprint density at radius 2 is 2.19 bits per heavy atom. The monoisotopic (exact) mass is 452 g/mol. The predicted molar refractivity (Wildman–Crippen MR) is 118 cm³/mol. The minimum absolute atomic E-state index is 0.102. The third kappa shape index (κ3) is 4.18. The van der Waals surface area contributed by atoms with E-state index in [9.17, 15) is 13.6 Å². The molecule has 5 rings (SSSR count). The number of hydrogen-bond donors (Lipinski definition) is 1. The van der Waals surface area contributed by atoms with Crippen molar-refractivity contribution in [1.29, 1.82) is 0 Å². The van der Waals surface area contributed by atoms with E-state index < -0.39 is 18.3 Å². The number of alkyl halides is 2. The van der Waals surface area contributed by atoms with Crippen LogP contribution < -0.4 is 5.32 Å². The van der Waals surface area contributed by atoms with Crippen molar-refractivity contribution < 1.29 is 18.3 Å². The number of rotatable bonds is 6.